The molecule has 1 aromatic carbocycles. The topological polar surface area (TPSA) is 18.5 Å². The van der Waals surface area contributed by atoms with Crippen LogP contribution in [0.25, 0.3) is 0 Å². The fourth-order valence-electron chi connectivity index (χ4n) is 1.37. The van der Waals surface area contributed by atoms with Crippen molar-refractivity contribution in [3.05, 3.63) is 43.0 Å². The molecule has 1 atom stereocenters. The van der Waals surface area contributed by atoms with E-state index in [2.05, 4.69) is 34.3 Å². The molecule has 0 saturated carbocycles. The van der Waals surface area contributed by atoms with E-state index in [1.165, 1.54) is 0 Å². The van der Waals surface area contributed by atoms with Crippen LogP contribution < -0.4 is 4.74 Å². The molecule has 0 aliphatic heterocycles. The van der Waals surface area contributed by atoms with Gasteiger partial charge in [-0.05, 0) is 23.1 Å². The Kier molecular flexibility index (Phi) is 6.32. The highest BCUT2D eigenvalue weighted by molar-refractivity contribution is 6.32. The van der Waals surface area contributed by atoms with Crippen LogP contribution >= 0.6 is 0 Å². The standard InChI is InChI=1S/C16H26O2Si/c1-6-14(18-19-16(4,5)13(2)3)12-17-15-10-8-7-9-11-15/h6-11,13-14H,1,12,19H2,2-5H3. The predicted molar refractivity (Wildman–Crippen MR) is 84.4 cm³/mol. The largest absolute Gasteiger partial charge is 0.491 e. The lowest BCUT2D eigenvalue weighted by Gasteiger charge is -2.29. The first kappa shape index (κ1) is 16.0. The Morgan fingerprint density at radius 2 is 1.89 bits per heavy atom. The van der Waals surface area contributed by atoms with Crippen molar-refractivity contribution in [1.82, 2.24) is 0 Å². The van der Waals surface area contributed by atoms with Gasteiger partial charge in [-0.25, -0.2) is 0 Å². The van der Waals surface area contributed by atoms with Crippen LogP contribution in [0.3, 0.4) is 0 Å². The van der Waals surface area contributed by atoms with Gasteiger partial charge < -0.3 is 9.16 Å². The normalized spacial score (nSPS) is 13.9. The molecule has 0 bridgehead atoms. The van der Waals surface area contributed by atoms with E-state index in [9.17, 15) is 0 Å². The molecular formula is C16H26O2Si. The third-order valence-electron chi connectivity index (χ3n) is 3.65. The third kappa shape index (κ3) is 5.62. The predicted octanol–water partition coefficient (Wildman–Crippen LogP) is 3.57. The minimum absolute atomic E-state index is 0.00935. The number of benzene rings is 1. The fourth-order valence-corrected chi connectivity index (χ4v) is 2.58. The van der Waals surface area contributed by atoms with E-state index in [-0.39, 0.29) is 6.10 Å². The summed E-state index contributed by atoms with van der Waals surface area (Å²) < 4.78 is 11.7. The summed E-state index contributed by atoms with van der Waals surface area (Å²) in [6.07, 6.45) is 1.83. The summed E-state index contributed by atoms with van der Waals surface area (Å²) in [4.78, 5) is 0. The second-order valence-corrected chi connectivity index (χ2v) is 8.30. The molecule has 1 aromatic rings. The molecule has 0 spiro atoms. The minimum Gasteiger partial charge on any atom is -0.491 e. The first-order valence-corrected chi connectivity index (χ1v) is 8.16. The Morgan fingerprint density at radius 3 is 2.42 bits per heavy atom. The lowest BCUT2D eigenvalue weighted by molar-refractivity contribution is 0.161. The van der Waals surface area contributed by atoms with Crippen LogP contribution in [0.15, 0.2) is 43.0 Å². The van der Waals surface area contributed by atoms with Crippen molar-refractivity contribution in [3.8, 4) is 5.75 Å². The molecule has 0 aliphatic rings. The van der Waals surface area contributed by atoms with Gasteiger partial charge in [-0.15, -0.1) is 6.58 Å². The molecule has 0 amide bonds. The molecule has 0 aliphatic carbocycles. The maximum Gasteiger partial charge on any atom is 0.168 e. The van der Waals surface area contributed by atoms with Gasteiger partial charge in [-0.1, -0.05) is 52.0 Å². The van der Waals surface area contributed by atoms with Crippen LogP contribution in [0.2, 0.25) is 5.04 Å². The summed E-state index contributed by atoms with van der Waals surface area (Å²) >= 11 is 0. The van der Waals surface area contributed by atoms with Crippen molar-refractivity contribution >= 4 is 9.76 Å². The van der Waals surface area contributed by atoms with Crippen molar-refractivity contribution in [1.29, 1.82) is 0 Å². The van der Waals surface area contributed by atoms with E-state index >= 15 is 0 Å². The average molecular weight is 278 g/mol. The molecular weight excluding hydrogens is 252 g/mol. The molecule has 0 radical (unpaired) electrons. The van der Waals surface area contributed by atoms with Crippen LogP contribution in [-0.4, -0.2) is 22.5 Å². The summed E-state index contributed by atoms with van der Waals surface area (Å²) in [5.74, 6) is 1.52. The number of hydrogen-bond acceptors (Lipinski definition) is 2. The maximum atomic E-state index is 6.03. The molecule has 0 N–H and O–H groups in total. The monoisotopic (exact) mass is 278 g/mol. The molecule has 0 saturated heterocycles. The van der Waals surface area contributed by atoms with E-state index in [0.717, 1.165) is 5.75 Å². The first-order chi connectivity index (χ1) is 8.95. The lowest BCUT2D eigenvalue weighted by atomic mass is 9.99. The molecule has 1 rings (SSSR count). The summed E-state index contributed by atoms with van der Waals surface area (Å²) in [5.41, 5.74) is 0. The molecule has 1 unspecified atom stereocenters. The van der Waals surface area contributed by atoms with Crippen molar-refractivity contribution in [2.75, 3.05) is 6.61 Å². The van der Waals surface area contributed by atoms with Gasteiger partial charge in [0.2, 0.25) is 0 Å². The Labute approximate surface area is 119 Å². The zero-order valence-electron chi connectivity index (χ0n) is 12.6. The van der Waals surface area contributed by atoms with E-state index in [0.29, 0.717) is 17.6 Å². The van der Waals surface area contributed by atoms with Crippen LogP contribution in [0.5, 0.6) is 5.75 Å². The first-order valence-electron chi connectivity index (χ1n) is 6.87. The highest BCUT2D eigenvalue weighted by atomic mass is 28.2. The summed E-state index contributed by atoms with van der Waals surface area (Å²) in [7, 11) is -0.618. The fraction of sp³-hybridized carbons (Fsp3) is 0.500. The molecule has 106 valence electrons. The van der Waals surface area contributed by atoms with E-state index in [1.54, 1.807) is 0 Å². The third-order valence-corrected chi connectivity index (χ3v) is 5.81. The van der Waals surface area contributed by atoms with E-state index < -0.39 is 9.76 Å². The zero-order chi connectivity index (χ0) is 14.3. The summed E-state index contributed by atoms with van der Waals surface area (Å²) in [5, 5.41) is 0.300. The van der Waals surface area contributed by atoms with E-state index in [1.807, 2.05) is 36.4 Å². The molecule has 0 fully saturated rings. The van der Waals surface area contributed by atoms with Gasteiger partial charge in [-0.2, -0.15) is 0 Å². The zero-order valence-corrected chi connectivity index (χ0v) is 14.0. The van der Waals surface area contributed by atoms with Crippen LogP contribution in [-0.2, 0) is 4.43 Å². The molecule has 0 aromatic heterocycles. The van der Waals surface area contributed by atoms with Gasteiger partial charge in [-0.3, -0.25) is 0 Å². The smallest absolute Gasteiger partial charge is 0.168 e. The number of para-hydroxylation sites is 1. The van der Waals surface area contributed by atoms with Crippen molar-refractivity contribution in [2.24, 2.45) is 5.92 Å². The summed E-state index contributed by atoms with van der Waals surface area (Å²) in [6.45, 7) is 13.4. The highest BCUT2D eigenvalue weighted by Gasteiger charge is 2.24. The quantitative estimate of drug-likeness (QED) is 0.534. The van der Waals surface area contributed by atoms with Crippen molar-refractivity contribution in [2.45, 2.75) is 38.8 Å². The van der Waals surface area contributed by atoms with Gasteiger partial charge in [0.25, 0.3) is 0 Å². The highest BCUT2D eigenvalue weighted by Crippen LogP contribution is 2.33. The SMILES string of the molecule is C=CC(COc1ccccc1)O[SiH2]C(C)(C)C(C)C. The molecule has 19 heavy (non-hydrogen) atoms. The van der Waals surface area contributed by atoms with Crippen molar-refractivity contribution in [3.63, 3.8) is 0 Å². The van der Waals surface area contributed by atoms with Crippen LogP contribution in [0, 0.1) is 5.92 Å². The summed E-state index contributed by atoms with van der Waals surface area (Å²) in [6, 6.07) is 9.82. The van der Waals surface area contributed by atoms with Gasteiger partial charge in [0.05, 0.1) is 6.10 Å². The van der Waals surface area contributed by atoms with Gasteiger partial charge >= 0.3 is 0 Å². The minimum atomic E-state index is -0.618. The molecule has 3 heteroatoms. The Morgan fingerprint density at radius 1 is 1.26 bits per heavy atom. The van der Waals surface area contributed by atoms with Crippen LogP contribution in [0.1, 0.15) is 27.7 Å². The van der Waals surface area contributed by atoms with Gasteiger partial charge in [0, 0.05) is 0 Å². The number of rotatable bonds is 8. The Bertz CT molecular complexity index is 374. The Hall–Kier alpha value is -1.06. The second kappa shape index (κ2) is 7.51. The second-order valence-electron chi connectivity index (χ2n) is 5.85. The number of hydrogen-bond donors (Lipinski definition) is 0. The lowest BCUT2D eigenvalue weighted by Crippen LogP contribution is -2.28. The maximum absolute atomic E-state index is 6.03. The average Bonchev–Trinajstić information content (AvgIpc) is 2.40. The van der Waals surface area contributed by atoms with Crippen molar-refractivity contribution < 1.29 is 9.16 Å². The van der Waals surface area contributed by atoms with E-state index in [4.69, 9.17) is 9.16 Å². The molecule has 2 nitrogen and oxygen atoms in total. The molecule has 0 heterocycles. The van der Waals surface area contributed by atoms with Gasteiger partial charge in [0.15, 0.2) is 9.76 Å². The van der Waals surface area contributed by atoms with Crippen LogP contribution in [0.4, 0.5) is 0 Å². The van der Waals surface area contributed by atoms with Gasteiger partial charge in [0.1, 0.15) is 12.4 Å². The Balaban J connectivity index is 2.40. The number of ether oxygens (including phenoxy) is 1.